The Morgan fingerprint density at radius 1 is 1.05 bits per heavy atom. The lowest BCUT2D eigenvalue weighted by Gasteiger charge is -2.07. The summed E-state index contributed by atoms with van der Waals surface area (Å²) in [4.78, 5) is 0. The second-order valence-corrected chi connectivity index (χ2v) is 4.22. The van der Waals surface area contributed by atoms with Crippen LogP contribution in [0.3, 0.4) is 0 Å². The van der Waals surface area contributed by atoms with Gasteiger partial charge in [-0.3, -0.25) is 0 Å². The molecule has 2 aromatic rings. The third-order valence-corrected chi connectivity index (χ3v) is 2.72. The smallest absolute Gasteiger partial charge is 0.142 e. The van der Waals surface area contributed by atoms with Crippen LogP contribution < -0.4 is 4.74 Å². The first-order valence-corrected chi connectivity index (χ1v) is 6.45. The van der Waals surface area contributed by atoms with Gasteiger partial charge in [0, 0.05) is 11.6 Å². The van der Waals surface area contributed by atoms with Gasteiger partial charge in [-0.2, -0.15) is 0 Å². The van der Waals surface area contributed by atoms with Gasteiger partial charge in [0.25, 0.3) is 0 Å². The Bertz CT molecular complexity index is 659. The molecule has 20 heavy (non-hydrogen) atoms. The van der Waals surface area contributed by atoms with Crippen molar-refractivity contribution in [2.24, 2.45) is 0 Å². The Morgan fingerprint density at radius 2 is 1.85 bits per heavy atom. The van der Waals surface area contributed by atoms with Gasteiger partial charge < -0.3 is 4.74 Å². The Morgan fingerprint density at radius 3 is 2.55 bits per heavy atom. The number of alkyl halides is 1. The molecule has 0 heterocycles. The maximum Gasteiger partial charge on any atom is 0.142 e. The average molecular weight is 293 g/mol. The van der Waals surface area contributed by atoms with Crippen molar-refractivity contribution in [1.29, 1.82) is 0 Å². The summed E-state index contributed by atoms with van der Waals surface area (Å²) < 4.78 is 32.4. The van der Waals surface area contributed by atoms with Crippen LogP contribution in [-0.4, -0.2) is 5.88 Å². The van der Waals surface area contributed by atoms with Crippen molar-refractivity contribution in [3.8, 4) is 17.6 Å². The minimum absolute atomic E-state index is 0.0405. The van der Waals surface area contributed by atoms with E-state index in [2.05, 4.69) is 11.8 Å². The molecule has 0 aliphatic heterocycles. The summed E-state index contributed by atoms with van der Waals surface area (Å²) in [7, 11) is 0. The van der Waals surface area contributed by atoms with Crippen LogP contribution in [0, 0.1) is 23.5 Å². The first-order chi connectivity index (χ1) is 9.70. The van der Waals surface area contributed by atoms with Crippen LogP contribution in [0.4, 0.5) is 8.78 Å². The Labute approximate surface area is 121 Å². The molecule has 0 aromatic heterocycles. The molecule has 2 rings (SSSR count). The van der Waals surface area contributed by atoms with E-state index in [1.165, 1.54) is 18.2 Å². The maximum absolute atomic E-state index is 13.7. The normalized spacial score (nSPS) is 9.75. The monoisotopic (exact) mass is 292 g/mol. The molecule has 0 unspecified atom stereocenters. The maximum atomic E-state index is 13.7. The van der Waals surface area contributed by atoms with E-state index < -0.39 is 5.82 Å². The van der Waals surface area contributed by atoms with Crippen molar-refractivity contribution in [3.63, 3.8) is 0 Å². The van der Waals surface area contributed by atoms with Gasteiger partial charge >= 0.3 is 0 Å². The minimum atomic E-state index is -0.492. The summed E-state index contributed by atoms with van der Waals surface area (Å²) in [6, 6.07) is 10.6. The van der Waals surface area contributed by atoms with E-state index in [9.17, 15) is 8.78 Å². The van der Waals surface area contributed by atoms with Crippen molar-refractivity contribution >= 4 is 11.6 Å². The lowest BCUT2D eigenvalue weighted by Crippen LogP contribution is -1.98. The number of benzene rings is 2. The van der Waals surface area contributed by atoms with Gasteiger partial charge in [-0.05, 0) is 18.2 Å². The van der Waals surface area contributed by atoms with Crippen LogP contribution in [0.2, 0.25) is 0 Å². The molecule has 4 heteroatoms. The molecule has 102 valence electrons. The summed E-state index contributed by atoms with van der Waals surface area (Å²) in [5.74, 6) is 4.80. The van der Waals surface area contributed by atoms with Crippen molar-refractivity contribution < 1.29 is 13.5 Å². The number of halogens is 3. The SMILES string of the molecule is Fc1cc(OCc2ccccc2F)ccc1C#CCCl. The van der Waals surface area contributed by atoms with Gasteiger partial charge in [0.1, 0.15) is 24.0 Å². The predicted molar refractivity (Wildman–Crippen MR) is 74.7 cm³/mol. The van der Waals surface area contributed by atoms with Crippen LogP contribution in [0.5, 0.6) is 5.75 Å². The molecule has 0 amide bonds. The number of hydrogen-bond donors (Lipinski definition) is 0. The van der Waals surface area contributed by atoms with Crippen molar-refractivity contribution in [3.05, 3.63) is 65.2 Å². The average Bonchev–Trinajstić information content (AvgIpc) is 2.45. The Kier molecular flexibility index (Phi) is 4.97. The van der Waals surface area contributed by atoms with Gasteiger partial charge in [-0.15, -0.1) is 11.6 Å². The van der Waals surface area contributed by atoms with Crippen LogP contribution >= 0.6 is 11.6 Å². The fourth-order valence-corrected chi connectivity index (χ4v) is 1.66. The number of hydrogen-bond acceptors (Lipinski definition) is 1. The zero-order valence-electron chi connectivity index (χ0n) is 10.5. The largest absolute Gasteiger partial charge is 0.489 e. The second kappa shape index (κ2) is 6.93. The minimum Gasteiger partial charge on any atom is -0.489 e. The molecule has 0 N–H and O–H groups in total. The van der Waals surface area contributed by atoms with Crippen LogP contribution in [-0.2, 0) is 6.61 Å². The van der Waals surface area contributed by atoms with E-state index in [0.717, 1.165) is 0 Å². The Hall–Kier alpha value is -2.05. The molecule has 0 aliphatic carbocycles. The highest BCUT2D eigenvalue weighted by atomic mass is 35.5. The lowest BCUT2D eigenvalue weighted by molar-refractivity contribution is 0.298. The fourth-order valence-electron chi connectivity index (χ4n) is 1.59. The molecule has 0 radical (unpaired) electrons. The summed E-state index contributed by atoms with van der Waals surface area (Å²) in [5, 5.41) is 0. The van der Waals surface area contributed by atoms with E-state index in [1.54, 1.807) is 24.3 Å². The third kappa shape index (κ3) is 3.72. The number of ether oxygens (including phenoxy) is 1. The zero-order valence-corrected chi connectivity index (χ0v) is 11.3. The van der Waals surface area contributed by atoms with Crippen molar-refractivity contribution in [2.45, 2.75) is 6.61 Å². The molecule has 0 spiro atoms. The quantitative estimate of drug-likeness (QED) is 0.610. The van der Waals surface area contributed by atoms with E-state index in [1.807, 2.05) is 0 Å². The van der Waals surface area contributed by atoms with Crippen molar-refractivity contribution in [2.75, 3.05) is 5.88 Å². The van der Waals surface area contributed by atoms with E-state index >= 15 is 0 Å². The molecule has 0 bridgehead atoms. The molecular weight excluding hydrogens is 282 g/mol. The fraction of sp³-hybridized carbons (Fsp3) is 0.125. The Balaban J connectivity index is 2.08. The summed E-state index contributed by atoms with van der Waals surface area (Å²) in [6.07, 6.45) is 0. The second-order valence-electron chi connectivity index (χ2n) is 3.96. The molecule has 2 aromatic carbocycles. The molecule has 0 fully saturated rings. The van der Waals surface area contributed by atoms with Gasteiger partial charge in [0.15, 0.2) is 0 Å². The van der Waals surface area contributed by atoms with Crippen molar-refractivity contribution in [1.82, 2.24) is 0 Å². The predicted octanol–water partition coefficient (Wildman–Crippen LogP) is 4.13. The topological polar surface area (TPSA) is 9.23 Å². The van der Waals surface area contributed by atoms with Gasteiger partial charge in [0.2, 0.25) is 0 Å². The zero-order chi connectivity index (χ0) is 14.4. The van der Waals surface area contributed by atoms with Gasteiger partial charge in [-0.1, -0.05) is 30.0 Å². The highest BCUT2D eigenvalue weighted by Crippen LogP contribution is 2.18. The van der Waals surface area contributed by atoms with Crippen LogP contribution in [0.25, 0.3) is 0 Å². The first kappa shape index (κ1) is 14.4. The van der Waals surface area contributed by atoms with Gasteiger partial charge in [0.05, 0.1) is 11.4 Å². The molecule has 1 nitrogen and oxygen atoms in total. The highest BCUT2D eigenvalue weighted by Gasteiger charge is 2.04. The summed E-state index contributed by atoms with van der Waals surface area (Å²) >= 11 is 5.41. The lowest BCUT2D eigenvalue weighted by atomic mass is 10.2. The highest BCUT2D eigenvalue weighted by molar-refractivity contribution is 6.19. The van der Waals surface area contributed by atoms with E-state index in [4.69, 9.17) is 16.3 Å². The summed E-state index contributed by atoms with van der Waals surface area (Å²) in [5.41, 5.74) is 0.669. The first-order valence-electron chi connectivity index (χ1n) is 5.91. The van der Waals surface area contributed by atoms with Crippen LogP contribution in [0.1, 0.15) is 11.1 Å². The van der Waals surface area contributed by atoms with Crippen LogP contribution in [0.15, 0.2) is 42.5 Å². The number of rotatable bonds is 3. The van der Waals surface area contributed by atoms with E-state index in [-0.39, 0.29) is 23.9 Å². The molecule has 0 saturated heterocycles. The summed E-state index contributed by atoms with van der Waals surface area (Å²) in [6.45, 7) is 0.0405. The van der Waals surface area contributed by atoms with E-state index in [0.29, 0.717) is 11.3 Å². The molecular formula is C16H11ClF2O. The molecule has 0 saturated carbocycles. The van der Waals surface area contributed by atoms with Gasteiger partial charge in [-0.25, -0.2) is 8.78 Å². The third-order valence-electron chi connectivity index (χ3n) is 2.58. The standard InChI is InChI=1S/C16H11ClF2O/c17-9-3-5-12-7-8-14(10-16(12)19)20-11-13-4-1-2-6-15(13)18/h1-2,4,6-8,10H,9,11H2. The molecule has 0 aliphatic rings. The molecule has 0 atom stereocenters.